The number of nitriles is 1. The minimum atomic E-state index is -4.63. The second-order valence-electron chi connectivity index (χ2n) is 7.49. The van der Waals surface area contributed by atoms with Gasteiger partial charge in [0.05, 0.1) is 40.4 Å². The van der Waals surface area contributed by atoms with Crippen LogP contribution in [0.1, 0.15) is 24.0 Å². The van der Waals surface area contributed by atoms with Gasteiger partial charge in [0.15, 0.2) is 0 Å². The molecule has 10 heteroatoms. The first-order chi connectivity index (χ1) is 15.7. The van der Waals surface area contributed by atoms with E-state index in [-0.39, 0.29) is 16.3 Å². The van der Waals surface area contributed by atoms with Crippen molar-refractivity contribution in [1.82, 2.24) is 0 Å². The van der Waals surface area contributed by atoms with Crippen molar-refractivity contribution in [3.8, 4) is 11.8 Å². The molecule has 1 saturated heterocycles. The van der Waals surface area contributed by atoms with Crippen molar-refractivity contribution in [3.05, 3.63) is 70.3 Å². The zero-order chi connectivity index (χ0) is 23.9. The number of hydrogen-bond donors (Lipinski definition) is 1. The molecular weight excluding hydrogens is 455 g/mol. The number of carbonyl (C=O) groups excluding carboxylic acids is 2. The summed E-state index contributed by atoms with van der Waals surface area (Å²) < 4.78 is 45.0. The van der Waals surface area contributed by atoms with E-state index in [1.54, 1.807) is 24.3 Å². The summed E-state index contributed by atoms with van der Waals surface area (Å²) in [6.07, 6.45) is -4.63. The van der Waals surface area contributed by atoms with Gasteiger partial charge in [-0.1, -0.05) is 30.0 Å². The molecule has 2 aromatic carbocycles. The number of alkyl halides is 3. The van der Waals surface area contributed by atoms with Gasteiger partial charge in [0.2, 0.25) is 11.8 Å². The Morgan fingerprint density at radius 3 is 2.45 bits per heavy atom. The number of rotatable bonds is 4. The van der Waals surface area contributed by atoms with Crippen LogP contribution in [0.4, 0.5) is 18.9 Å². The third kappa shape index (κ3) is 3.93. The zero-order valence-electron chi connectivity index (χ0n) is 17.3. The van der Waals surface area contributed by atoms with E-state index in [2.05, 4.69) is 0 Å². The third-order valence-corrected chi connectivity index (χ3v) is 6.81. The number of halogens is 3. The molecule has 0 aromatic heterocycles. The van der Waals surface area contributed by atoms with Gasteiger partial charge in [0, 0.05) is 5.92 Å². The molecule has 2 aromatic rings. The summed E-state index contributed by atoms with van der Waals surface area (Å²) in [5.41, 5.74) is 5.68. The largest absolute Gasteiger partial charge is 0.494 e. The number of ether oxygens (including phenoxy) is 1. The number of carbonyl (C=O) groups is 2. The van der Waals surface area contributed by atoms with Gasteiger partial charge in [0.25, 0.3) is 0 Å². The lowest BCUT2D eigenvalue weighted by atomic mass is 9.79. The molecule has 2 aliphatic heterocycles. The molecule has 0 unspecified atom stereocenters. The molecular formula is C23H18F3N3O3S. The highest BCUT2D eigenvalue weighted by Gasteiger charge is 2.56. The normalized spacial score (nSPS) is 22.9. The van der Waals surface area contributed by atoms with Crippen molar-refractivity contribution in [2.75, 3.05) is 11.5 Å². The van der Waals surface area contributed by atoms with Gasteiger partial charge in [0.1, 0.15) is 11.0 Å². The average Bonchev–Trinajstić information content (AvgIpc) is 3.02. The van der Waals surface area contributed by atoms with E-state index >= 15 is 0 Å². The fourth-order valence-corrected chi connectivity index (χ4v) is 5.35. The van der Waals surface area contributed by atoms with E-state index in [0.29, 0.717) is 17.9 Å². The van der Waals surface area contributed by atoms with E-state index in [4.69, 9.17) is 10.5 Å². The molecule has 0 saturated carbocycles. The minimum Gasteiger partial charge on any atom is -0.494 e. The first-order valence-electron chi connectivity index (χ1n) is 10.0. The van der Waals surface area contributed by atoms with Crippen LogP contribution in [0.25, 0.3) is 0 Å². The SMILES string of the molecule is CCOc1ccc([C@@H]2C(C#N)=C(N)S[C@@H]3C(=O)N(c4cccc(C(F)(F)F)c4)C(=O)[C@@H]32)cc1. The Kier molecular flexibility index (Phi) is 5.84. The highest BCUT2D eigenvalue weighted by atomic mass is 32.2. The zero-order valence-corrected chi connectivity index (χ0v) is 18.1. The van der Waals surface area contributed by atoms with Crippen LogP contribution < -0.4 is 15.4 Å². The minimum absolute atomic E-state index is 0.115. The monoisotopic (exact) mass is 473 g/mol. The van der Waals surface area contributed by atoms with E-state index in [1.807, 2.05) is 13.0 Å². The molecule has 0 bridgehead atoms. The molecule has 0 spiro atoms. The molecule has 2 amide bonds. The Morgan fingerprint density at radius 2 is 1.85 bits per heavy atom. The predicted molar refractivity (Wildman–Crippen MR) is 116 cm³/mol. The lowest BCUT2D eigenvalue weighted by Gasteiger charge is -2.30. The van der Waals surface area contributed by atoms with Gasteiger partial charge >= 0.3 is 6.18 Å². The van der Waals surface area contributed by atoms with Crippen LogP contribution in [0.2, 0.25) is 0 Å². The van der Waals surface area contributed by atoms with E-state index in [1.165, 1.54) is 6.07 Å². The number of imide groups is 1. The standard InChI is InChI=1S/C23H18F3N3O3S/c1-2-32-15-8-6-12(7-9-15)17-16(11-27)20(28)33-19-18(17)21(30)29(22(19)31)14-5-3-4-13(10-14)23(24,25)26/h3-10,17-19H,2,28H2,1H3/t17-,18-,19+/m1/s1. The van der Waals surface area contributed by atoms with Gasteiger partial charge in [-0.25, -0.2) is 4.90 Å². The fraction of sp³-hybridized carbons (Fsp3) is 0.261. The van der Waals surface area contributed by atoms with Crippen LogP contribution in [-0.4, -0.2) is 23.7 Å². The maximum Gasteiger partial charge on any atom is 0.416 e. The van der Waals surface area contributed by atoms with Crippen LogP contribution in [0.3, 0.4) is 0 Å². The maximum absolute atomic E-state index is 13.4. The van der Waals surface area contributed by atoms with E-state index < -0.39 is 40.6 Å². The van der Waals surface area contributed by atoms with Crippen LogP contribution >= 0.6 is 11.8 Å². The van der Waals surface area contributed by atoms with Crippen molar-refractivity contribution in [2.24, 2.45) is 11.7 Å². The Labute approximate surface area is 191 Å². The number of anilines is 1. The number of hydrogen-bond acceptors (Lipinski definition) is 6. The van der Waals surface area contributed by atoms with Crippen LogP contribution in [0.5, 0.6) is 5.75 Å². The van der Waals surface area contributed by atoms with Crippen molar-refractivity contribution in [3.63, 3.8) is 0 Å². The highest BCUT2D eigenvalue weighted by molar-refractivity contribution is 8.04. The Bertz CT molecular complexity index is 1190. The Morgan fingerprint density at radius 1 is 1.15 bits per heavy atom. The molecule has 170 valence electrons. The molecule has 3 atom stereocenters. The fourth-order valence-electron chi connectivity index (χ4n) is 4.15. The van der Waals surface area contributed by atoms with Gasteiger partial charge < -0.3 is 10.5 Å². The number of thioether (sulfide) groups is 1. The summed E-state index contributed by atoms with van der Waals surface area (Å²) in [7, 11) is 0. The van der Waals surface area contributed by atoms with Gasteiger partial charge in [-0.3, -0.25) is 9.59 Å². The number of amides is 2. The second kappa shape index (κ2) is 8.48. The second-order valence-corrected chi connectivity index (χ2v) is 8.68. The quantitative estimate of drug-likeness (QED) is 0.669. The summed E-state index contributed by atoms with van der Waals surface area (Å²) in [6.45, 7) is 2.29. The number of nitrogens with two attached hydrogens (primary N) is 1. The summed E-state index contributed by atoms with van der Waals surface area (Å²) in [6, 6.07) is 12.9. The summed E-state index contributed by atoms with van der Waals surface area (Å²) in [5, 5.41) is 8.91. The van der Waals surface area contributed by atoms with Crippen LogP contribution in [0, 0.1) is 17.2 Å². The van der Waals surface area contributed by atoms with Crippen LogP contribution in [0.15, 0.2) is 59.1 Å². The molecule has 1 fully saturated rings. The molecule has 33 heavy (non-hydrogen) atoms. The third-order valence-electron chi connectivity index (χ3n) is 5.59. The Hall–Kier alpha value is -3.45. The molecule has 0 aliphatic carbocycles. The first kappa shape index (κ1) is 22.7. The van der Waals surface area contributed by atoms with Crippen molar-refractivity contribution in [2.45, 2.75) is 24.3 Å². The molecule has 4 rings (SSSR count). The average molecular weight is 473 g/mol. The van der Waals surface area contributed by atoms with Crippen molar-refractivity contribution < 1.29 is 27.5 Å². The predicted octanol–water partition coefficient (Wildman–Crippen LogP) is 4.19. The van der Waals surface area contributed by atoms with Crippen molar-refractivity contribution >= 4 is 29.3 Å². The van der Waals surface area contributed by atoms with Crippen LogP contribution in [-0.2, 0) is 15.8 Å². The summed E-state index contributed by atoms with van der Waals surface area (Å²) in [4.78, 5) is 27.4. The number of nitrogens with zero attached hydrogens (tertiary/aromatic N) is 2. The maximum atomic E-state index is 13.4. The van der Waals surface area contributed by atoms with E-state index in [0.717, 1.165) is 34.9 Å². The van der Waals surface area contributed by atoms with Gasteiger partial charge in [-0.05, 0) is 42.8 Å². The number of fused-ring (bicyclic) bond motifs is 1. The van der Waals surface area contributed by atoms with Gasteiger partial charge in [-0.15, -0.1) is 0 Å². The Balaban J connectivity index is 1.77. The molecule has 6 nitrogen and oxygen atoms in total. The lowest BCUT2D eigenvalue weighted by molar-refractivity contribution is -0.137. The summed E-state index contributed by atoms with van der Waals surface area (Å²) >= 11 is 0.895. The molecule has 2 N–H and O–H groups in total. The number of allylic oxidation sites excluding steroid dienone is 1. The molecule has 2 heterocycles. The number of benzene rings is 2. The highest BCUT2D eigenvalue weighted by Crippen LogP contribution is 2.51. The molecule has 2 aliphatic rings. The van der Waals surface area contributed by atoms with Crippen molar-refractivity contribution in [1.29, 1.82) is 5.26 Å². The molecule has 0 radical (unpaired) electrons. The summed E-state index contributed by atoms with van der Waals surface area (Å²) in [5.74, 6) is -2.54. The topological polar surface area (TPSA) is 96.4 Å². The van der Waals surface area contributed by atoms with Gasteiger partial charge in [-0.2, -0.15) is 18.4 Å². The smallest absolute Gasteiger partial charge is 0.416 e. The lowest BCUT2D eigenvalue weighted by Crippen LogP contribution is -2.33. The van der Waals surface area contributed by atoms with E-state index in [9.17, 15) is 28.0 Å². The first-order valence-corrected chi connectivity index (χ1v) is 10.9.